The number of halogens is 1. The van der Waals surface area contributed by atoms with E-state index in [1.54, 1.807) is 20.2 Å². The van der Waals surface area contributed by atoms with Gasteiger partial charge in [-0.2, -0.15) is 0 Å². The molecule has 0 saturated heterocycles. The van der Waals surface area contributed by atoms with Crippen LogP contribution in [0.4, 0.5) is 0 Å². The molecule has 140 valence electrons. The van der Waals surface area contributed by atoms with Gasteiger partial charge in [-0.05, 0) is 31.5 Å². The Morgan fingerprint density at radius 3 is 2.72 bits per heavy atom. The number of carbonyl (C=O) groups is 1. The number of guanidine groups is 1. The second-order valence-electron chi connectivity index (χ2n) is 5.75. The lowest BCUT2D eigenvalue weighted by molar-refractivity contribution is -0.127. The Morgan fingerprint density at radius 1 is 1.40 bits per heavy atom. The predicted octanol–water partition coefficient (Wildman–Crippen LogP) is 2.19. The summed E-state index contributed by atoms with van der Waals surface area (Å²) in [6, 6.07) is 7.93. The van der Waals surface area contributed by atoms with Gasteiger partial charge >= 0.3 is 0 Å². The topological polar surface area (TPSA) is 66.0 Å². The number of aryl methyl sites for hydroxylation is 1. The number of likely N-dealkylation sites (N-methyl/N-ethyl adjacent to an activating group) is 1. The number of carbonyl (C=O) groups excluding carboxylic acids is 1. The fourth-order valence-corrected chi connectivity index (χ4v) is 1.83. The summed E-state index contributed by atoms with van der Waals surface area (Å²) < 4.78 is 5.87. The molecule has 0 bridgehead atoms. The van der Waals surface area contributed by atoms with E-state index in [1.165, 1.54) is 4.90 Å². The fourth-order valence-electron chi connectivity index (χ4n) is 1.83. The van der Waals surface area contributed by atoms with Crippen molar-refractivity contribution in [2.75, 3.05) is 33.7 Å². The number of benzene rings is 1. The van der Waals surface area contributed by atoms with Crippen molar-refractivity contribution in [2.45, 2.75) is 20.0 Å². The van der Waals surface area contributed by atoms with Crippen LogP contribution in [-0.2, 0) is 4.79 Å². The molecular weight excluding hydrogens is 431 g/mol. The molecule has 25 heavy (non-hydrogen) atoms. The van der Waals surface area contributed by atoms with E-state index in [9.17, 15) is 4.79 Å². The Morgan fingerprint density at radius 2 is 2.12 bits per heavy atom. The van der Waals surface area contributed by atoms with E-state index in [0.29, 0.717) is 19.0 Å². The van der Waals surface area contributed by atoms with Crippen molar-refractivity contribution < 1.29 is 9.53 Å². The zero-order valence-corrected chi connectivity index (χ0v) is 17.7. The Kier molecular flexibility index (Phi) is 11.7. The zero-order chi connectivity index (χ0) is 17.9. The summed E-state index contributed by atoms with van der Waals surface area (Å²) in [5.74, 6) is 1.34. The van der Waals surface area contributed by atoms with Crippen molar-refractivity contribution in [1.29, 1.82) is 0 Å². The van der Waals surface area contributed by atoms with Gasteiger partial charge in [0.2, 0.25) is 5.91 Å². The fraction of sp³-hybridized carbons (Fsp3) is 0.444. The van der Waals surface area contributed by atoms with Gasteiger partial charge in [0.1, 0.15) is 18.4 Å². The highest BCUT2D eigenvalue weighted by Crippen LogP contribution is 2.13. The molecule has 2 N–H and O–H groups in total. The average molecular weight is 460 g/mol. The second-order valence-corrected chi connectivity index (χ2v) is 5.75. The number of nitrogens with zero attached hydrogens (tertiary/aromatic N) is 2. The van der Waals surface area contributed by atoms with Crippen LogP contribution in [0.1, 0.15) is 12.5 Å². The number of amides is 1. The predicted molar refractivity (Wildman–Crippen MR) is 114 cm³/mol. The summed E-state index contributed by atoms with van der Waals surface area (Å²) in [5, 5.41) is 6.27. The van der Waals surface area contributed by atoms with Crippen LogP contribution in [0.3, 0.4) is 0 Å². The molecule has 0 aliphatic heterocycles. The van der Waals surface area contributed by atoms with E-state index < -0.39 is 0 Å². The first-order valence-electron chi connectivity index (χ1n) is 7.99. The molecule has 6 nitrogen and oxygen atoms in total. The number of hydrogen-bond donors (Lipinski definition) is 2. The van der Waals surface area contributed by atoms with Crippen molar-refractivity contribution in [3.8, 4) is 5.75 Å². The summed E-state index contributed by atoms with van der Waals surface area (Å²) in [6.07, 6.45) is 1.68. The van der Waals surface area contributed by atoms with Crippen LogP contribution in [0.15, 0.2) is 41.9 Å². The van der Waals surface area contributed by atoms with Crippen LogP contribution in [0.25, 0.3) is 0 Å². The average Bonchev–Trinajstić information content (AvgIpc) is 2.53. The molecule has 0 spiro atoms. The number of ether oxygens (including phenoxy) is 1. The van der Waals surface area contributed by atoms with E-state index in [4.69, 9.17) is 4.74 Å². The maximum absolute atomic E-state index is 11.7. The van der Waals surface area contributed by atoms with Gasteiger partial charge in [-0.15, -0.1) is 30.6 Å². The normalized spacial score (nSPS) is 11.8. The van der Waals surface area contributed by atoms with Gasteiger partial charge in [-0.25, -0.2) is 4.99 Å². The second kappa shape index (κ2) is 12.6. The molecule has 1 amide bonds. The van der Waals surface area contributed by atoms with Gasteiger partial charge < -0.3 is 20.3 Å². The first kappa shape index (κ1) is 23.2. The van der Waals surface area contributed by atoms with E-state index in [2.05, 4.69) is 22.2 Å². The number of nitrogens with one attached hydrogen (secondary N) is 2. The Labute approximate surface area is 167 Å². The minimum Gasteiger partial charge on any atom is -0.489 e. The Hall–Kier alpha value is -1.77. The molecule has 1 aromatic rings. The van der Waals surface area contributed by atoms with Crippen molar-refractivity contribution >= 4 is 35.8 Å². The third kappa shape index (κ3) is 9.96. The van der Waals surface area contributed by atoms with Crippen LogP contribution in [-0.4, -0.2) is 56.6 Å². The Balaban J connectivity index is 0.00000576. The summed E-state index contributed by atoms with van der Waals surface area (Å²) in [6.45, 7) is 8.89. The minimum absolute atomic E-state index is 0. The lowest BCUT2D eigenvalue weighted by Crippen LogP contribution is -2.42. The highest BCUT2D eigenvalue weighted by molar-refractivity contribution is 14.0. The molecule has 1 unspecified atom stereocenters. The first-order chi connectivity index (χ1) is 11.4. The van der Waals surface area contributed by atoms with Crippen LogP contribution in [0, 0.1) is 6.92 Å². The number of aliphatic imine (C=N–C) groups is 1. The zero-order valence-electron chi connectivity index (χ0n) is 15.4. The van der Waals surface area contributed by atoms with Crippen molar-refractivity contribution in [3.63, 3.8) is 0 Å². The van der Waals surface area contributed by atoms with E-state index in [-0.39, 0.29) is 42.5 Å². The standard InChI is InChI=1S/C18H28N4O2.HI/c1-6-10-19-18(21-13-17(23)22(4)5)20-12-15(3)24-16-9-7-8-14(2)11-16;/h6-9,11,15H,1,10,12-13H2,2-5H3,(H2,19,20,21);1H. The molecule has 1 atom stereocenters. The van der Waals surface area contributed by atoms with E-state index in [0.717, 1.165) is 11.3 Å². The molecule has 1 aromatic carbocycles. The molecule has 0 heterocycles. The van der Waals surface area contributed by atoms with Crippen molar-refractivity contribution in [2.24, 2.45) is 4.99 Å². The molecule has 7 heteroatoms. The van der Waals surface area contributed by atoms with Gasteiger partial charge in [0.15, 0.2) is 5.96 Å². The van der Waals surface area contributed by atoms with Crippen LogP contribution in [0.5, 0.6) is 5.75 Å². The highest BCUT2D eigenvalue weighted by Gasteiger charge is 2.07. The monoisotopic (exact) mass is 460 g/mol. The van der Waals surface area contributed by atoms with Gasteiger partial charge in [-0.1, -0.05) is 18.2 Å². The lowest BCUT2D eigenvalue weighted by Gasteiger charge is -2.18. The van der Waals surface area contributed by atoms with Crippen LogP contribution < -0.4 is 15.4 Å². The molecule has 0 radical (unpaired) electrons. The quantitative estimate of drug-likeness (QED) is 0.270. The lowest BCUT2D eigenvalue weighted by atomic mass is 10.2. The van der Waals surface area contributed by atoms with Gasteiger partial charge in [0.05, 0.1) is 6.54 Å². The number of hydrogen-bond acceptors (Lipinski definition) is 3. The van der Waals surface area contributed by atoms with Gasteiger partial charge in [0, 0.05) is 20.6 Å². The summed E-state index contributed by atoms with van der Waals surface area (Å²) in [5.41, 5.74) is 1.16. The summed E-state index contributed by atoms with van der Waals surface area (Å²) >= 11 is 0. The highest BCUT2D eigenvalue weighted by atomic mass is 127. The summed E-state index contributed by atoms with van der Waals surface area (Å²) in [4.78, 5) is 17.4. The maximum Gasteiger partial charge on any atom is 0.243 e. The van der Waals surface area contributed by atoms with Crippen LogP contribution >= 0.6 is 24.0 Å². The summed E-state index contributed by atoms with van der Waals surface area (Å²) in [7, 11) is 3.42. The molecule has 0 aliphatic carbocycles. The molecule has 1 rings (SSSR count). The Bertz CT molecular complexity index is 576. The minimum atomic E-state index is -0.0567. The molecule has 0 fully saturated rings. The molecule has 0 aromatic heterocycles. The smallest absolute Gasteiger partial charge is 0.243 e. The van der Waals surface area contributed by atoms with E-state index in [1.807, 2.05) is 38.1 Å². The van der Waals surface area contributed by atoms with Gasteiger partial charge in [0.25, 0.3) is 0 Å². The van der Waals surface area contributed by atoms with E-state index >= 15 is 0 Å². The third-order valence-electron chi connectivity index (χ3n) is 3.17. The van der Waals surface area contributed by atoms with Gasteiger partial charge in [-0.3, -0.25) is 4.79 Å². The van der Waals surface area contributed by atoms with Crippen molar-refractivity contribution in [3.05, 3.63) is 42.5 Å². The van der Waals surface area contributed by atoms with Crippen molar-refractivity contribution in [1.82, 2.24) is 15.5 Å². The molecule has 0 aliphatic rings. The molecular formula is C18H29IN4O2. The first-order valence-corrected chi connectivity index (χ1v) is 7.99. The number of rotatable bonds is 8. The third-order valence-corrected chi connectivity index (χ3v) is 3.17. The SMILES string of the molecule is C=CCNC(=NCC(=O)N(C)C)NCC(C)Oc1cccc(C)c1.I. The van der Waals surface area contributed by atoms with Crippen LogP contribution in [0.2, 0.25) is 0 Å². The largest absolute Gasteiger partial charge is 0.489 e. The molecule has 0 saturated carbocycles. The maximum atomic E-state index is 11.7.